The second-order valence-corrected chi connectivity index (χ2v) is 20.2. The number of fused-ring (bicyclic) bond motifs is 6. The molecule has 4 nitrogen and oxygen atoms in total. The van der Waals surface area contributed by atoms with Crippen LogP contribution in [0.3, 0.4) is 0 Å². The average molecular weight is 750 g/mol. The van der Waals surface area contributed by atoms with Gasteiger partial charge in [-0.2, -0.15) is 5.26 Å². The molecule has 57 heavy (non-hydrogen) atoms. The van der Waals surface area contributed by atoms with Crippen LogP contribution in [-0.2, 0) is 21.7 Å². The summed E-state index contributed by atoms with van der Waals surface area (Å²) in [6, 6.07) is 35.7. The van der Waals surface area contributed by atoms with E-state index in [0.717, 1.165) is 71.8 Å². The van der Waals surface area contributed by atoms with E-state index in [2.05, 4.69) is 186 Å². The Morgan fingerprint density at radius 3 is 1.61 bits per heavy atom. The zero-order chi connectivity index (χ0) is 41.0. The number of benzene rings is 5. The molecule has 3 aromatic heterocycles. The van der Waals surface area contributed by atoms with E-state index in [1.54, 1.807) is 0 Å². The maximum absolute atomic E-state index is 10.9. The van der Waals surface area contributed by atoms with Gasteiger partial charge in [0.15, 0.2) is 5.58 Å². The first-order valence-electron chi connectivity index (χ1n) is 20.3. The summed E-state index contributed by atoms with van der Waals surface area (Å²) in [6.45, 7) is 29.1. The van der Waals surface area contributed by atoms with Crippen LogP contribution in [0.5, 0.6) is 0 Å². The highest BCUT2D eigenvalue weighted by Gasteiger charge is 2.28. The molecule has 8 rings (SSSR count). The van der Waals surface area contributed by atoms with Gasteiger partial charge in [-0.15, -0.1) is 0 Å². The summed E-state index contributed by atoms with van der Waals surface area (Å²) in [7, 11) is 0. The van der Waals surface area contributed by atoms with E-state index in [0.29, 0.717) is 11.1 Å². The van der Waals surface area contributed by atoms with Crippen molar-refractivity contribution in [2.24, 2.45) is 0 Å². The number of hydrogen-bond donors (Lipinski definition) is 0. The van der Waals surface area contributed by atoms with Gasteiger partial charge in [-0.25, -0.2) is 0 Å². The van der Waals surface area contributed by atoms with Crippen molar-refractivity contribution in [3.8, 4) is 34.1 Å². The standard InChI is InChI=1S/C53H55N3O/c1-31-26-43(55-30-41(31)32-14-17-34(18-15-32)50(2,3)4)39-24-25-42(53(11,12)13)46-40-21-16-33(29-54)47(49(40)57-48(39)46)56-44-27-35(51(5,6)7)19-22-37(44)38-23-20-36(28-45(38)56)52(8,9)10/h14-28,30H,1-13H3. The van der Waals surface area contributed by atoms with Gasteiger partial charge >= 0.3 is 0 Å². The van der Waals surface area contributed by atoms with Crippen LogP contribution in [0, 0.1) is 18.3 Å². The number of aromatic nitrogens is 2. The van der Waals surface area contributed by atoms with Crippen LogP contribution in [-0.4, -0.2) is 9.55 Å². The van der Waals surface area contributed by atoms with E-state index in [1.165, 1.54) is 22.3 Å². The lowest BCUT2D eigenvalue weighted by Gasteiger charge is -2.21. The lowest BCUT2D eigenvalue weighted by atomic mass is 9.83. The zero-order valence-electron chi connectivity index (χ0n) is 36.0. The average Bonchev–Trinajstić information content (AvgIpc) is 3.68. The van der Waals surface area contributed by atoms with E-state index >= 15 is 0 Å². The van der Waals surface area contributed by atoms with Gasteiger partial charge in [0.1, 0.15) is 17.3 Å². The molecule has 4 heteroatoms. The maximum Gasteiger partial charge on any atom is 0.160 e. The third kappa shape index (κ3) is 6.42. The van der Waals surface area contributed by atoms with Crippen LogP contribution in [0.15, 0.2) is 102 Å². The van der Waals surface area contributed by atoms with Gasteiger partial charge in [0.05, 0.1) is 22.3 Å². The van der Waals surface area contributed by atoms with E-state index in [9.17, 15) is 5.26 Å². The molecule has 0 amide bonds. The highest BCUT2D eigenvalue weighted by molar-refractivity contribution is 6.16. The smallest absolute Gasteiger partial charge is 0.160 e. The van der Waals surface area contributed by atoms with Crippen LogP contribution in [0.1, 0.15) is 116 Å². The molecule has 0 fully saturated rings. The number of hydrogen-bond acceptors (Lipinski definition) is 3. The molecule has 5 aromatic carbocycles. The number of rotatable bonds is 3. The summed E-state index contributed by atoms with van der Waals surface area (Å²) < 4.78 is 9.55. The Morgan fingerprint density at radius 1 is 0.561 bits per heavy atom. The van der Waals surface area contributed by atoms with Crippen molar-refractivity contribution in [1.29, 1.82) is 5.26 Å². The molecule has 0 bridgehead atoms. The molecule has 0 spiro atoms. The highest BCUT2D eigenvalue weighted by atomic mass is 16.3. The third-order valence-electron chi connectivity index (χ3n) is 11.9. The van der Waals surface area contributed by atoms with E-state index in [1.807, 2.05) is 12.3 Å². The molecular weight excluding hydrogens is 695 g/mol. The Kier molecular flexibility index (Phi) is 8.67. The van der Waals surface area contributed by atoms with Gasteiger partial charge in [-0.1, -0.05) is 138 Å². The van der Waals surface area contributed by atoms with Crippen molar-refractivity contribution >= 4 is 43.7 Å². The molecule has 288 valence electrons. The van der Waals surface area contributed by atoms with Crippen LogP contribution in [0.4, 0.5) is 0 Å². The van der Waals surface area contributed by atoms with E-state index < -0.39 is 0 Å². The van der Waals surface area contributed by atoms with Crippen LogP contribution < -0.4 is 0 Å². The van der Waals surface area contributed by atoms with Crippen molar-refractivity contribution in [2.75, 3.05) is 0 Å². The summed E-state index contributed by atoms with van der Waals surface area (Å²) in [5.74, 6) is 0. The molecule has 0 saturated heterocycles. The second kappa shape index (κ2) is 12.9. The molecule has 8 aromatic rings. The number of nitrogens with zero attached hydrogens (tertiary/aromatic N) is 3. The van der Waals surface area contributed by atoms with Crippen molar-refractivity contribution in [1.82, 2.24) is 9.55 Å². The predicted octanol–water partition coefficient (Wildman–Crippen LogP) is 14.8. The van der Waals surface area contributed by atoms with Gasteiger partial charge in [-0.05, 0) is 98.4 Å². The molecule has 0 aliphatic rings. The van der Waals surface area contributed by atoms with Gasteiger partial charge in [0.2, 0.25) is 0 Å². The summed E-state index contributed by atoms with van der Waals surface area (Å²) in [4.78, 5) is 5.11. The third-order valence-corrected chi connectivity index (χ3v) is 11.9. The first-order valence-corrected chi connectivity index (χ1v) is 20.3. The van der Waals surface area contributed by atoms with Gasteiger partial charge in [0, 0.05) is 38.9 Å². The lowest BCUT2D eigenvalue weighted by Crippen LogP contribution is -2.11. The normalized spacial score (nSPS) is 13.0. The minimum atomic E-state index is -0.176. The molecule has 0 unspecified atom stereocenters. The molecule has 0 N–H and O–H groups in total. The van der Waals surface area contributed by atoms with Crippen molar-refractivity contribution < 1.29 is 4.42 Å². The number of nitriles is 1. The van der Waals surface area contributed by atoms with E-state index in [4.69, 9.17) is 9.40 Å². The van der Waals surface area contributed by atoms with Gasteiger partial charge in [0.25, 0.3) is 0 Å². The van der Waals surface area contributed by atoms with Crippen LogP contribution in [0.2, 0.25) is 0 Å². The predicted molar refractivity (Wildman–Crippen MR) is 241 cm³/mol. The van der Waals surface area contributed by atoms with E-state index in [-0.39, 0.29) is 21.7 Å². The van der Waals surface area contributed by atoms with Crippen molar-refractivity contribution in [2.45, 2.75) is 112 Å². The fourth-order valence-electron chi connectivity index (χ4n) is 8.42. The monoisotopic (exact) mass is 749 g/mol. The number of pyridine rings is 1. The Bertz CT molecular complexity index is 2860. The van der Waals surface area contributed by atoms with Crippen molar-refractivity contribution in [3.63, 3.8) is 0 Å². The first kappa shape index (κ1) is 38.2. The summed E-state index contributed by atoms with van der Waals surface area (Å²) in [6.07, 6.45) is 2.00. The summed E-state index contributed by atoms with van der Waals surface area (Å²) in [5, 5.41) is 15.2. The van der Waals surface area contributed by atoms with Crippen LogP contribution in [0.25, 0.3) is 71.8 Å². The number of aryl methyl sites for hydroxylation is 1. The Labute approximate surface area is 338 Å². The highest BCUT2D eigenvalue weighted by Crippen LogP contribution is 2.46. The first-order chi connectivity index (χ1) is 26.7. The molecule has 0 aliphatic carbocycles. The molecule has 0 saturated carbocycles. The summed E-state index contributed by atoms with van der Waals surface area (Å²) in [5.41, 5.74) is 14.9. The van der Waals surface area contributed by atoms with Gasteiger partial charge in [-0.3, -0.25) is 4.98 Å². The van der Waals surface area contributed by atoms with Crippen molar-refractivity contribution in [3.05, 3.63) is 131 Å². The second-order valence-electron chi connectivity index (χ2n) is 20.2. The molecule has 0 radical (unpaired) electrons. The lowest BCUT2D eigenvalue weighted by molar-refractivity contribution is 0.590. The molecule has 0 atom stereocenters. The largest absolute Gasteiger partial charge is 0.453 e. The van der Waals surface area contributed by atoms with Gasteiger partial charge < -0.3 is 8.98 Å². The Morgan fingerprint density at radius 2 is 1.11 bits per heavy atom. The Hall–Kier alpha value is -5.66. The molecule has 3 heterocycles. The minimum Gasteiger partial charge on any atom is -0.453 e. The minimum absolute atomic E-state index is 0.0669. The SMILES string of the molecule is Cc1cc(-c2ccc(C(C)(C)C)c3c2oc2c(-n4c5cc(C(C)(C)C)ccc5c5ccc(C(C)(C)C)cc54)c(C#N)ccc23)ncc1-c1ccc(C(C)(C)C)cc1. The molecular formula is C53H55N3O. The Balaban J connectivity index is 1.44. The number of furan rings is 1. The topological polar surface area (TPSA) is 54.8 Å². The molecule has 0 aliphatic heterocycles. The summed E-state index contributed by atoms with van der Waals surface area (Å²) >= 11 is 0. The maximum atomic E-state index is 10.9. The quantitative estimate of drug-likeness (QED) is 0.181. The fraction of sp³-hybridized carbons (Fsp3) is 0.321. The van der Waals surface area contributed by atoms with Crippen LogP contribution >= 0.6 is 0 Å². The fourth-order valence-corrected chi connectivity index (χ4v) is 8.42. The zero-order valence-corrected chi connectivity index (χ0v) is 36.0.